The lowest BCUT2D eigenvalue weighted by molar-refractivity contribution is -0.121. The summed E-state index contributed by atoms with van der Waals surface area (Å²) in [6.07, 6.45) is 2.12. The standard InChI is InChI=1S/C26H23N3O3/c1-17-6-2-3-7-18(17)15-29-23-13-20(10-11-24(23)32-16-26(29)31)28-25(30)12-19-14-27-22-9-5-4-8-21(19)22/h2-11,13-14,27H,12,15-16H2,1H3,(H,28,30). The summed E-state index contributed by atoms with van der Waals surface area (Å²) in [5, 5.41) is 4.00. The number of amides is 2. The van der Waals surface area contributed by atoms with Crippen LogP contribution in [0.1, 0.15) is 16.7 Å². The molecule has 0 atom stereocenters. The third-order valence-corrected chi connectivity index (χ3v) is 5.80. The van der Waals surface area contributed by atoms with Gasteiger partial charge in [0.1, 0.15) is 5.75 Å². The molecular weight excluding hydrogens is 402 g/mol. The van der Waals surface area contributed by atoms with Crippen molar-refractivity contribution in [2.24, 2.45) is 0 Å². The van der Waals surface area contributed by atoms with Gasteiger partial charge in [-0.1, -0.05) is 42.5 Å². The van der Waals surface area contributed by atoms with Crippen LogP contribution in [0, 0.1) is 6.92 Å². The van der Waals surface area contributed by atoms with Crippen LogP contribution >= 0.6 is 0 Å². The molecule has 32 heavy (non-hydrogen) atoms. The molecule has 0 spiro atoms. The van der Waals surface area contributed by atoms with Gasteiger partial charge < -0.3 is 19.9 Å². The van der Waals surface area contributed by atoms with E-state index < -0.39 is 0 Å². The number of carbonyl (C=O) groups excluding carboxylic acids is 2. The van der Waals surface area contributed by atoms with Crippen LogP contribution in [0.5, 0.6) is 5.75 Å². The molecular formula is C26H23N3O3. The molecule has 2 N–H and O–H groups in total. The van der Waals surface area contributed by atoms with E-state index in [4.69, 9.17) is 4.74 Å². The number of fused-ring (bicyclic) bond motifs is 2. The first kappa shape index (κ1) is 19.9. The molecule has 4 aromatic rings. The van der Waals surface area contributed by atoms with Gasteiger partial charge in [-0.25, -0.2) is 0 Å². The van der Waals surface area contributed by atoms with Crippen molar-refractivity contribution in [1.29, 1.82) is 0 Å². The fourth-order valence-electron chi connectivity index (χ4n) is 4.07. The van der Waals surface area contributed by atoms with Crippen LogP contribution < -0.4 is 15.0 Å². The van der Waals surface area contributed by atoms with E-state index in [1.165, 1.54) is 0 Å². The minimum atomic E-state index is -0.122. The van der Waals surface area contributed by atoms with Gasteiger partial charge in [0.2, 0.25) is 5.91 Å². The predicted octanol–water partition coefficient (Wildman–Crippen LogP) is 4.58. The molecule has 0 saturated carbocycles. The Morgan fingerprint density at radius 1 is 1.06 bits per heavy atom. The van der Waals surface area contributed by atoms with Gasteiger partial charge in [-0.15, -0.1) is 0 Å². The van der Waals surface area contributed by atoms with E-state index >= 15 is 0 Å². The number of rotatable bonds is 5. The molecule has 2 amide bonds. The van der Waals surface area contributed by atoms with Gasteiger partial charge in [-0.2, -0.15) is 0 Å². The lowest BCUT2D eigenvalue weighted by Crippen LogP contribution is -2.38. The van der Waals surface area contributed by atoms with Gasteiger partial charge in [-0.3, -0.25) is 9.59 Å². The number of hydrogen-bond donors (Lipinski definition) is 2. The SMILES string of the molecule is Cc1ccccc1CN1C(=O)COc2ccc(NC(=O)Cc3c[nH]c4ccccc34)cc21. The number of anilines is 2. The smallest absolute Gasteiger partial charge is 0.265 e. The number of aromatic nitrogens is 1. The summed E-state index contributed by atoms with van der Waals surface area (Å²) in [5.74, 6) is 0.402. The molecule has 1 aliphatic rings. The highest BCUT2D eigenvalue weighted by molar-refractivity contribution is 6.00. The van der Waals surface area contributed by atoms with Crippen molar-refractivity contribution in [3.8, 4) is 5.75 Å². The molecule has 0 aliphatic carbocycles. The minimum Gasteiger partial charge on any atom is -0.482 e. The van der Waals surface area contributed by atoms with E-state index in [0.717, 1.165) is 27.6 Å². The van der Waals surface area contributed by atoms with Gasteiger partial charge in [0.15, 0.2) is 6.61 Å². The van der Waals surface area contributed by atoms with Crippen LogP contribution in [0.25, 0.3) is 10.9 Å². The molecule has 1 aromatic heterocycles. The first-order chi connectivity index (χ1) is 15.6. The number of H-pyrrole nitrogens is 1. The van der Waals surface area contributed by atoms with E-state index in [1.807, 2.05) is 61.7 Å². The molecule has 2 heterocycles. The second-order valence-corrected chi connectivity index (χ2v) is 7.96. The molecule has 0 bridgehead atoms. The normalized spacial score (nSPS) is 13.0. The second kappa shape index (κ2) is 8.23. The zero-order chi connectivity index (χ0) is 22.1. The Balaban J connectivity index is 1.37. The maximum Gasteiger partial charge on any atom is 0.265 e. The monoisotopic (exact) mass is 425 g/mol. The van der Waals surface area contributed by atoms with Crippen LogP contribution in [0.3, 0.4) is 0 Å². The Hall–Kier alpha value is -4.06. The Kier molecular flexibility index (Phi) is 5.11. The van der Waals surface area contributed by atoms with Crippen molar-refractivity contribution in [2.45, 2.75) is 19.9 Å². The van der Waals surface area contributed by atoms with E-state index in [-0.39, 0.29) is 24.8 Å². The van der Waals surface area contributed by atoms with Crippen molar-refractivity contribution in [2.75, 3.05) is 16.8 Å². The molecule has 0 fully saturated rings. The summed E-state index contributed by atoms with van der Waals surface area (Å²) >= 11 is 0. The number of nitrogens with one attached hydrogen (secondary N) is 2. The highest BCUT2D eigenvalue weighted by Crippen LogP contribution is 2.36. The second-order valence-electron chi connectivity index (χ2n) is 7.96. The van der Waals surface area contributed by atoms with Gasteiger partial charge in [0, 0.05) is 22.8 Å². The predicted molar refractivity (Wildman–Crippen MR) is 125 cm³/mol. The lowest BCUT2D eigenvalue weighted by atomic mass is 10.1. The molecule has 6 heteroatoms. The fourth-order valence-corrected chi connectivity index (χ4v) is 4.07. The summed E-state index contributed by atoms with van der Waals surface area (Å²) in [6.45, 7) is 2.49. The van der Waals surface area contributed by atoms with Crippen molar-refractivity contribution in [3.63, 3.8) is 0 Å². The van der Waals surface area contributed by atoms with Gasteiger partial charge >= 0.3 is 0 Å². The Morgan fingerprint density at radius 3 is 2.75 bits per heavy atom. The fraction of sp³-hybridized carbons (Fsp3) is 0.154. The Labute approximate surface area is 185 Å². The number of para-hydroxylation sites is 1. The molecule has 0 radical (unpaired) electrons. The van der Waals surface area contributed by atoms with Crippen LogP contribution in [0.4, 0.5) is 11.4 Å². The third kappa shape index (κ3) is 3.83. The number of nitrogens with zero attached hydrogens (tertiary/aromatic N) is 1. The maximum absolute atomic E-state index is 12.7. The first-order valence-corrected chi connectivity index (χ1v) is 10.5. The van der Waals surface area contributed by atoms with Crippen molar-refractivity contribution >= 4 is 34.1 Å². The molecule has 160 valence electrons. The zero-order valence-electron chi connectivity index (χ0n) is 17.7. The number of aromatic amines is 1. The van der Waals surface area contributed by atoms with Gasteiger partial charge in [0.05, 0.1) is 18.7 Å². The highest BCUT2D eigenvalue weighted by atomic mass is 16.5. The molecule has 3 aromatic carbocycles. The molecule has 1 aliphatic heterocycles. The molecule has 0 saturated heterocycles. The number of aryl methyl sites for hydroxylation is 1. The molecule has 6 nitrogen and oxygen atoms in total. The largest absolute Gasteiger partial charge is 0.482 e. The van der Waals surface area contributed by atoms with E-state index in [2.05, 4.69) is 10.3 Å². The van der Waals surface area contributed by atoms with E-state index in [9.17, 15) is 9.59 Å². The number of benzene rings is 3. The van der Waals surface area contributed by atoms with Crippen molar-refractivity contribution < 1.29 is 14.3 Å². The van der Waals surface area contributed by atoms with Crippen LogP contribution in [0.2, 0.25) is 0 Å². The van der Waals surface area contributed by atoms with Crippen LogP contribution in [-0.4, -0.2) is 23.4 Å². The first-order valence-electron chi connectivity index (χ1n) is 10.5. The van der Waals surface area contributed by atoms with E-state index in [1.54, 1.807) is 23.1 Å². The highest BCUT2D eigenvalue weighted by Gasteiger charge is 2.26. The van der Waals surface area contributed by atoms with Gasteiger partial charge in [0.25, 0.3) is 5.91 Å². The Morgan fingerprint density at radius 2 is 1.88 bits per heavy atom. The molecule has 5 rings (SSSR count). The summed E-state index contributed by atoms with van der Waals surface area (Å²) in [5.41, 5.74) is 5.43. The number of carbonyl (C=O) groups is 2. The summed E-state index contributed by atoms with van der Waals surface area (Å²) in [6, 6.07) is 21.3. The topological polar surface area (TPSA) is 74.4 Å². The number of hydrogen-bond acceptors (Lipinski definition) is 3. The number of ether oxygens (including phenoxy) is 1. The quantitative estimate of drug-likeness (QED) is 0.491. The summed E-state index contributed by atoms with van der Waals surface area (Å²) in [7, 11) is 0. The average molecular weight is 425 g/mol. The van der Waals surface area contributed by atoms with Gasteiger partial charge in [-0.05, 0) is 47.9 Å². The summed E-state index contributed by atoms with van der Waals surface area (Å²) < 4.78 is 5.62. The average Bonchev–Trinajstić information content (AvgIpc) is 3.20. The lowest BCUT2D eigenvalue weighted by Gasteiger charge is -2.30. The maximum atomic E-state index is 12.7. The van der Waals surface area contributed by atoms with Crippen LogP contribution in [-0.2, 0) is 22.6 Å². The van der Waals surface area contributed by atoms with Crippen molar-refractivity contribution in [1.82, 2.24) is 4.98 Å². The van der Waals surface area contributed by atoms with Crippen molar-refractivity contribution in [3.05, 3.63) is 89.6 Å². The summed E-state index contributed by atoms with van der Waals surface area (Å²) in [4.78, 5) is 30.3. The minimum absolute atomic E-state index is 0.00511. The Bertz CT molecular complexity index is 1320. The molecule has 0 unspecified atom stereocenters. The zero-order valence-corrected chi connectivity index (χ0v) is 17.7. The van der Waals surface area contributed by atoms with E-state index in [0.29, 0.717) is 23.7 Å². The third-order valence-electron chi connectivity index (χ3n) is 5.80. The van der Waals surface area contributed by atoms with Crippen LogP contribution in [0.15, 0.2) is 72.9 Å².